The normalized spacial score (nSPS) is 10.6. The lowest BCUT2D eigenvalue weighted by atomic mass is 10.1. The van der Waals surface area contributed by atoms with Crippen molar-refractivity contribution in [3.63, 3.8) is 0 Å². The van der Waals surface area contributed by atoms with Crippen LogP contribution >= 0.6 is 15.9 Å². The van der Waals surface area contributed by atoms with Gasteiger partial charge in [0, 0.05) is 11.0 Å². The van der Waals surface area contributed by atoms with Gasteiger partial charge in [0.25, 0.3) is 0 Å². The smallest absolute Gasteiger partial charge is 0.130 e. The number of ether oxygens (including phenoxy) is 1. The van der Waals surface area contributed by atoms with Crippen molar-refractivity contribution in [1.82, 2.24) is 5.32 Å². The van der Waals surface area contributed by atoms with Crippen molar-refractivity contribution in [3.8, 4) is 11.5 Å². The minimum absolute atomic E-state index is 0.859. The first-order chi connectivity index (χ1) is 9.74. The molecule has 0 radical (unpaired) electrons. The second-order valence-electron chi connectivity index (χ2n) is 4.60. The van der Waals surface area contributed by atoms with Crippen LogP contribution < -0.4 is 10.1 Å². The van der Waals surface area contributed by atoms with Crippen molar-refractivity contribution in [2.75, 3.05) is 6.54 Å². The molecule has 0 aromatic heterocycles. The van der Waals surface area contributed by atoms with Crippen LogP contribution in [-0.4, -0.2) is 6.54 Å². The molecule has 0 atom stereocenters. The maximum atomic E-state index is 5.99. The Hall–Kier alpha value is -1.32. The van der Waals surface area contributed by atoms with Gasteiger partial charge in [-0.05, 0) is 42.3 Å². The average Bonchev–Trinajstić information content (AvgIpc) is 2.47. The highest BCUT2D eigenvalue weighted by atomic mass is 79.9. The Labute approximate surface area is 129 Å². The Morgan fingerprint density at radius 2 is 1.85 bits per heavy atom. The van der Waals surface area contributed by atoms with Gasteiger partial charge in [-0.15, -0.1) is 0 Å². The summed E-state index contributed by atoms with van der Waals surface area (Å²) in [5, 5.41) is 3.32. The van der Waals surface area contributed by atoms with Crippen molar-refractivity contribution in [1.29, 1.82) is 0 Å². The molecule has 0 saturated heterocycles. The molecule has 2 nitrogen and oxygen atoms in total. The minimum Gasteiger partial charge on any atom is -0.457 e. The molecule has 106 valence electrons. The fraction of sp³-hybridized carbons (Fsp3) is 0.294. The molecule has 0 bridgehead atoms. The Balaban J connectivity index is 2.16. The molecule has 2 rings (SSSR count). The Morgan fingerprint density at radius 1 is 1.05 bits per heavy atom. The number of nitrogens with one attached hydrogen (secondary N) is 1. The molecule has 0 saturated carbocycles. The van der Waals surface area contributed by atoms with E-state index in [2.05, 4.69) is 47.2 Å². The van der Waals surface area contributed by atoms with E-state index in [1.165, 1.54) is 11.1 Å². The van der Waals surface area contributed by atoms with E-state index in [1.807, 2.05) is 30.3 Å². The lowest BCUT2D eigenvalue weighted by Crippen LogP contribution is -2.11. The van der Waals surface area contributed by atoms with Crippen LogP contribution in [0.2, 0.25) is 0 Å². The fourth-order valence-electron chi connectivity index (χ4n) is 2.02. The molecule has 0 aliphatic heterocycles. The van der Waals surface area contributed by atoms with Gasteiger partial charge in [0.1, 0.15) is 11.5 Å². The Morgan fingerprint density at radius 3 is 2.55 bits per heavy atom. The highest BCUT2D eigenvalue weighted by Gasteiger charge is 2.05. The van der Waals surface area contributed by atoms with Crippen LogP contribution in [0.4, 0.5) is 0 Å². The zero-order chi connectivity index (χ0) is 14.4. The maximum Gasteiger partial charge on any atom is 0.130 e. The summed E-state index contributed by atoms with van der Waals surface area (Å²) in [4.78, 5) is 0. The molecular weight excluding hydrogens is 314 g/mol. The Bertz CT molecular complexity index is 569. The number of hydrogen-bond donors (Lipinski definition) is 1. The zero-order valence-electron chi connectivity index (χ0n) is 11.9. The zero-order valence-corrected chi connectivity index (χ0v) is 13.5. The summed E-state index contributed by atoms with van der Waals surface area (Å²) < 4.78 is 7.06. The summed E-state index contributed by atoms with van der Waals surface area (Å²) in [6.45, 7) is 6.07. The van der Waals surface area contributed by atoms with Gasteiger partial charge in [0.15, 0.2) is 0 Å². The van der Waals surface area contributed by atoms with Gasteiger partial charge in [0.05, 0.1) is 0 Å². The number of aryl methyl sites for hydroxylation is 1. The molecular formula is C17H20BrNO. The van der Waals surface area contributed by atoms with Gasteiger partial charge in [0.2, 0.25) is 0 Å². The molecule has 2 aromatic carbocycles. The predicted octanol–water partition coefficient (Wildman–Crippen LogP) is 4.91. The maximum absolute atomic E-state index is 5.99. The van der Waals surface area contributed by atoms with Crippen molar-refractivity contribution >= 4 is 15.9 Å². The van der Waals surface area contributed by atoms with Crippen LogP contribution in [0.5, 0.6) is 11.5 Å². The summed E-state index contributed by atoms with van der Waals surface area (Å²) >= 11 is 3.61. The van der Waals surface area contributed by atoms with Crippen molar-refractivity contribution in [2.24, 2.45) is 0 Å². The summed E-state index contributed by atoms with van der Waals surface area (Å²) in [6.07, 6.45) is 0.968. The second kappa shape index (κ2) is 7.46. The molecule has 20 heavy (non-hydrogen) atoms. The molecule has 0 spiro atoms. The highest BCUT2D eigenvalue weighted by Crippen LogP contribution is 2.29. The first-order valence-corrected chi connectivity index (χ1v) is 7.78. The van der Waals surface area contributed by atoms with Gasteiger partial charge < -0.3 is 10.1 Å². The topological polar surface area (TPSA) is 21.3 Å². The van der Waals surface area contributed by atoms with E-state index in [0.29, 0.717) is 0 Å². The molecule has 0 fully saturated rings. The first kappa shape index (κ1) is 15.1. The van der Waals surface area contributed by atoms with Crippen LogP contribution in [0.3, 0.4) is 0 Å². The third kappa shape index (κ3) is 3.84. The van der Waals surface area contributed by atoms with E-state index in [1.54, 1.807) is 0 Å². The van der Waals surface area contributed by atoms with E-state index < -0.39 is 0 Å². The van der Waals surface area contributed by atoms with Crippen molar-refractivity contribution in [2.45, 2.75) is 26.8 Å². The van der Waals surface area contributed by atoms with E-state index in [9.17, 15) is 0 Å². The third-order valence-electron chi connectivity index (χ3n) is 3.17. The second-order valence-corrected chi connectivity index (χ2v) is 5.45. The first-order valence-electron chi connectivity index (χ1n) is 6.99. The number of benzene rings is 2. The standard InChI is InChI=1S/C17H20BrNO/c1-3-13-7-5-6-8-17(13)20-15-10-9-14(12-19-4-2)16(18)11-15/h5-11,19H,3-4,12H2,1-2H3. The summed E-state index contributed by atoms with van der Waals surface area (Å²) in [5.41, 5.74) is 2.46. The number of hydrogen-bond acceptors (Lipinski definition) is 2. The quantitative estimate of drug-likeness (QED) is 0.810. The molecule has 3 heteroatoms. The van der Waals surface area contributed by atoms with E-state index in [0.717, 1.165) is 35.5 Å². The lowest BCUT2D eigenvalue weighted by Gasteiger charge is -2.12. The van der Waals surface area contributed by atoms with E-state index in [-0.39, 0.29) is 0 Å². The molecule has 0 amide bonds. The van der Waals surface area contributed by atoms with Gasteiger partial charge in [-0.25, -0.2) is 0 Å². The number of rotatable bonds is 6. The summed E-state index contributed by atoms with van der Waals surface area (Å²) in [5.74, 6) is 1.79. The van der Waals surface area contributed by atoms with Crippen LogP contribution in [0, 0.1) is 0 Å². The van der Waals surface area contributed by atoms with Crippen LogP contribution in [0.25, 0.3) is 0 Å². The van der Waals surface area contributed by atoms with Gasteiger partial charge in [-0.2, -0.15) is 0 Å². The largest absolute Gasteiger partial charge is 0.457 e. The van der Waals surface area contributed by atoms with Gasteiger partial charge >= 0.3 is 0 Å². The fourth-order valence-corrected chi connectivity index (χ4v) is 2.51. The molecule has 0 aliphatic carbocycles. The number of para-hydroxylation sites is 1. The van der Waals surface area contributed by atoms with Gasteiger partial charge in [-0.3, -0.25) is 0 Å². The van der Waals surface area contributed by atoms with Crippen LogP contribution in [0.1, 0.15) is 25.0 Å². The van der Waals surface area contributed by atoms with E-state index >= 15 is 0 Å². The molecule has 0 heterocycles. The highest BCUT2D eigenvalue weighted by molar-refractivity contribution is 9.10. The lowest BCUT2D eigenvalue weighted by molar-refractivity contribution is 0.476. The van der Waals surface area contributed by atoms with Crippen molar-refractivity contribution < 1.29 is 4.74 Å². The molecule has 2 aromatic rings. The van der Waals surface area contributed by atoms with E-state index in [4.69, 9.17) is 4.74 Å². The van der Waals surface area contributed by atoms with Crippen LogP contribution in [-0.2, 0) is 13.0 Å². The van der Waals surface area contributed by atoms with Gasteiger partial charge in [-0.1, -0.05) is 54.0 Å². The number of halogens is 1. The molecule has 0 aliphatic rings. The predicted molar refractivity (Wildman–Crippen MR) is 87.4 cm³/mol. The Kier molecular flexibility index (Phi) is 5.62. The van der Waals surface area contributed by atoms with Crippen LogP contribution in [0.15, 0.2) is 46.9 Å². The van der Waals surface area contributed by atoms with Crippen molar-refractivity contribution in [3.05, 3.63) is 58.1 Å². The summed E-state index contributed by atoms with van der Waals surface area (Å²) in [7, 11) is 0. The SMILES string of the molecule is CCNCc1ccc(Oc2ccccc2CC)cc1Br. The molecule has 0 unspecified atom stereocenters. The monoisotopic (exact) mass is 333 g/mol. The average molecular weight is 334 g/mol. The third-order valence-corrected chi connectivity index (χ3v) is 3.91. The summed E-state index contributed by atoms with van der Waals surface area (Å²) in [6, 6.07) is 14.3. The molecule has 1 N–H and O–H groups in total. The minimum atomic E-state index is 0.859.